The van der Waals surface area contributed by atoms with Gasteiger partial charge in [0.05, 0.1) is 18.0 Å². The Labute approximate surface area is 119 Å². The van der Waals surface area contributed by atoms with Gasteiger partial charge in [0.25, 0.3) is 0 Å². The normalized spacial score (nSPS) is 21.2. The van der Waals surface area contributed by atoms with Gasteiger partial charge in [0.15, 0.2) is 0 Å². The maximum absolute atomic E-state index is 12.3. The molecule has 1 saturated heterocycles. The summed E-state index contributed by atoms with van der Waals surface area (Å²) in [6.07, 6.45) is 0.157. The van der Waals surface area contributed by atoms with Gasteiger partial charge < -0.3 is 9.64 Å². The highest BCUT2D eigenvalue weighted by Gasteiger charge is 2.25. The fourth-order valence-corrected chi connectivity index (χ4v) is 3.07. The molecule has 1 fully saturated rings. The van der Waals surface area contributed by atoms with Crippen LogP contribution in [0.4, 0.5) is 0 Å². The molecule has 19 heavy (non-hydrogen) atoms. The lowest BCUT2D eigenvalue weighted by atomic mass is 10.2. The number of amides is 1. The summed E-state index contributed by atoms with van der Waals surface area (Å²) in [5.41, 5.74) is 1.27. The molecule has 3 nitrogen and oxygen atoms in total. The highest BCUT2D eigenvalue weighted by atomic mass is 32.2. The fourth-order valence-electron chi connectivity index (χ4n) is 2.14. The van der Waals surface area contributed by atoms with Crippen LogP contribution in [0.3, 0.4) is 0 Å². The summed E-state index contributed by atoms with van der Waals surface area (Å²) in [6.45, 7) is 6.11. The van der Waals surface area contributed by atoms with Crippen molar-refractivity contribution in [1.82, 2.24) is 4.90 Å². The summed E-state index contributed by atoms with van der Waals surface area (Å²) in [5.74, 6) is 1.12. The molecule has 4 heteroatoms. The summed E-state index contributed by atoms with van der Waals surface area (Å²) in [5, 5.41) is 0.00510. The molecule has 0 N–H and O–H groups in total. The van der Waals surface area contributed by atoms with E-state index in [4.69, 9.17) is 4.74 Å². The van der Waals surface area contributed by atoms with Crippen LogP contribution in [0.2, 0.25) is 0 Å². The molecule has 0 aliphatic carbocycles. The molecule has 2 unspecified atom stereocenters. The first-order valence-electron chi connectivity index (χ1n) is 6.72. The van der Waals surface area contributed by atoms with Crippen molar-refractivity contribution >= 4 is 17.7 Å². The number of ether oxygens (including phenoxy) is 1. The molecule has 0 radical (unpaired) electrons. The molecule has 0 saturated carbocycles. The second kappa shape index (κ2) is 6.96. The van der Waals surface area contributed by atoms with Crippen LogP contribution in [0.5, 0.6) is 0 Å². The van der Waals surface area contributed by atoms with Gasteiger partial charge in [-0.15, -0.1) is 11.8 Å². The molecule has 1 aliphatic heterocycles. The first-order valence-corrected chi connectivity index (χ1v) is 7.77. The minimum Gasteiger partial charge on any atom is -0.375 e. The van der Waals surface area contributed by atoms with Gasteiger partial charge in [-0.3, -0.25) is 4.79 Å². The zero-order valence-corrected chi connectivity index (χ0v) is 12.4. The number of carbonyl (C=O) groups is 1. The van der Waals surface area contributed by atoms with Gasteiger partial charge in [-0.05, 0) is 19.4 Å². The molecule has 1 aromatic rings. The lowest BCUT2D eigenvalue weighted by Crippen LogP contribution is -2.47. The van der Waals surface area contributed by atoms with Crippen molar-refractivity contribution < 1.29 is 9.53 Å². The van der Waals surface area contributed by atoms with Gasteiger partial charge in [-0.1, -0.05) is 30.3 Å². The summed E-state index contributed by atoms with van der Waals surface area (Å²) in [4.78, 5) is 14.2. The van der Waals surface area contributed by atoms with E-state index in [0.29, 0.717) is 6.61 Å². The van der Waals surface area contributed by atoms with E-state index in [9.17, 15) is 4.79 Å². The third kappa shape index (κ3) is 4.25. The van der Waals surface area contributed by atoms with Crippen molar-refractivity contribution in [2.24, 2.45) is 0 Å². The van der Waals surface area contributed by atoms with Gasteiger partial charge in [-0.25, -0.2) is 0 Å². The average molecular weight is 279 g/mol. The predicted molar refractivity (Wildman–Crippen MR) is 79.2 cm³/mol. The first-order chi connectivity index (χ1) is 9.16. The van der Waals surface area contributed by atoms with Crippen LogP contribution in [0.1, 0.15) is 19.4 Å². The molecule has 1 aliphatic rings. The van der Waals surface area contributed by atoms with Crippen molar-refractivity contribution in [2.75, 3.05) is 19.7 Å². The van der Waals surface area contributed by atoms with Gasteiger partial charge in [0, 0.05) is 18.8 Å². The van der Waals surface area contributed by atoms with Crippen LogP contribution in [-0.4, -0.2) is 41.9 Å². The van der Waals surface area contributed by atoms with E-state index in [1.807, 2.05) is 36.9 Å². The molecule has 1 aromatic carbocycles. The second-order valence-corrected chi connectivity index (χ2v) is 6.23. The topological polar surface area (TPSA) is 29.5 Å². The fraction of sp³-hybridized carbons (Fsp3) is 0.533. The van der Waals surface area contributed by atoms with E-state index >= 15 is 0 Å². The van der Waals surface area contributed by atoms with E-state index in [1.54, 1.807) is 11.8 Å². The van der Waals surface area contributed by atoms with Crippen LogP contribution >= 0.6 is 11.8 Å². The molecule has 0 bridgehead atoms. The van der Waals surface area contributed by atoms with E-state index in [0.717, 1.165) is 18.8 Å². The smallest absolute Gasteiger partial charge is 0.235 e. The summed E-state index contributed by atoms with van der Waals surface area (Å²) < 4.78 is 5.47. The van der Waals surface area contributed by atoms with Crippen molar-refractivity contribution in [3.63, 3.8) is 0 Å². The molecule has 104 valence electrons. The van der Waals surface area contributed by atoms with E-state index in [1.165, 1.54) is 5.56 Å². The largest absolute Gasteiger partial charge is 0.375 e. The summed E-state index contributed by atoms with van der Waals surface area (Å²) >= 11 is 1.70. The number of morpholine rings is 1. The Balaban J connectivity index is 1.82. The summed E-state index contributed by atoms with van der Waals surface area (Å²) in [7, 11) is 0. The summed E-state index contributed by atoms with van der Waals surface area (Å²) in [6, 6.07) is 10.3. The Hall–Kier alpha value is -1.00. The minimum absolute atomic E-state index is 0.00510. The van der Waals surface area contributed by atoms with Crippen molar-refractivity contribution in [3.8, 4) is 0 Å². The molecule has 1 heterocycles. The number of rotatable bonds is 4. The Morgan fingerprint density at radius 1 is 1.47 bits per heavy atom. The maximum atomic E-state index is 12.3. The average Bonchev–Trinajstić information content (AvgIpc) is 2.45. The Morgan fingerprint density at radius 2 is 2.21 bits per heavy atom. The zero-order chi connectivity index (χ0) is 13.7. The Kier molecular flexibility index (Phi) is 5.28. The number of carbonyl (C=O) groups excluding carboxylic acids is 1. The van der Waals surface area contributed by atoms with Crippen molar-refractivity contribution in [3.05, 3.63) is 35.9 Å². The van der Waals surface area contributed by atoms with Crippen LogP contribution < -0.4 is 0 Å². The van der Waals surface area contributed by atoms with E-state index in [-0.39, 0.29) is 17.3 Å². The maximum Gasteiger partial charge on any atom is 0.235 e. The van der Waals surface area contributed by atoms with Crippen molar-refractivity contribution in [1.29, 1.82) is 0 Å². The Morgan fingerprint density at radius 3 is 2.89 bits per heavy atom. The number of nitrogens with zero attached hydrogens (tertiary/aromatic N) is 1. The van der Waals surface area contributed by atoms with Crippen LogP contribution in [0.25, 0.3) is 0 Å². The number of hydrogen-bond acceptors (Lipinski definition) is 3. The molecule has 0 spiro atoms. The van der Waals surface area contributed by atoms with Crippen LogP contribution in [-0.2, 0) is 15.3 Å². The predicted octanol–water partition coefficient (Wildman–Crippen LogP) is 2.56. The minimum atomic E-state index is 0.00510. The van der Waals surface area contributed by atoms with Gasteiger partial charge >= 0.3 is 0 Å². The number of thioether (sulfide) groups is 1. The van der Waals surface area contributed by atoms with Gasteiger partial charge in [0.1, 0.15) is 0 Å². The third-order valence-electron chi connectivity index (χ3n) is 3.24. The van der Waals surface area contributed by atoms with Crippen molar-refractivity contribution in [2.45, 2.75) is 31.0 Å². The molecule has 0 aromatic heterocycles. The lowest BCUT2D eigenvalue weighted by Gasteiger charge is -2.32. The molecule has 1 amide bonds. The van der Waals surface area contributed by atoms with Crippen LogP contribution in [0.15, 0.2) is 30.3 Å². The van der Waals surface area contributed by atoms with E-state index in [2.05, 4.69) is 12.1 Å². The highest BCUT2D eigenvalue weighted by Crippen LogP contribution is 2.20. The number of benzene rings is 1. The quantitative estimate of drug-likeness (QED) is 0.848. The second-order valence-electron chi connectivity index (χ2n) is 4.90. The monoisotopic (exact) mass is 279 g/mol. The van der Waals surface area contributed by atoms with Gasteiger partial charge in [0.2, 0.25) is 5.91 Å². The molecular weight excluding hydrogens is 258 g/mol. The molecular formula is C15H21NO2S. The Bertz CT molecular complexity index is 410. The van der Waals surface area contributed by atoms with Gasteiger partial charge in [-0.2, -0.15) is 0 Å². The molecule has 2 rings (SSSR count). The lowest BCUT2D eigenvalue weighted by molar-refractivity contribution is -0.137. The standard InChI is InChI=1S/C15H21NO2S/c1-12-10-16(8-9-18-12)15(17)13(2)19-11-14-6-4-3-5-7-14/h3-7,12-13H,8-11H2,1-2H3. The first kappa shape index (κ1) is 14.4. The SMILES string of the molecule is CC1CN(C(=O)C(C)SCc2ccccc2)CCO1. The number of hydrogen-bond donors (Lipinski definition) is 0. The van der Waals surface area contributed by atoms with E-state index < -0.39 is 0 Å². The molecule has 2 atom stereocenters. The zero-order valence-electron chi connectivity index (χ0n) is 11.5. The third-order valence-corrected chi connectivity index (χ3v) is 4.44. The highest BCUT2D eigenvalue weighted by molar-refractivity contribution is 7.99. The van der Waals surface area contributed by atoms with Crippen LogP contribution in [0, 0.1) is 0 Å².